The van der Waals surface area contributed by atoms with Crippen LogP contribution in [0.2, 0.25) is 0 Å². The van der Waals surface area contributed by atoms with E-state index in [-0.39, 0.29) is 4.75 Å². The Morgan fingerprint density at radius 1 is 1.57 bits per heavy atom. The highest BCUT2D eigenvalue weighted by molar-refractivity contribution is 9.10. The van der Waals surface area contributed by atoms with Crippen LogP contribution in [0.4, 0.5) is 0 Å². The van der Waals surface area contributed by atoms with Gasteiger partial charge >= 0.3 is 0 Å². The third kappa shape index (κ3) is 4.11. The second-order valence-electron chi connectivity index (χ2n) is 3.86. The molecular weight excluding hydrogens is 280 g/mol. The molecule has 0 spiro atoms. The summed E-state index contributed by atoms with van der Waals surface area (Å²) < 4.78 is 5.48. The molecule has 1 rings (SSSR count). The van der Waals surface area contributed by atoms with Crippen molar-refractivity contribution in [2.45, 2.75) is 32.4 Å². The summed E-state index contributed by atoms with van der Waals surface area (Å²) in [5.74, 6) is 0. The molecule has 0 aliphatic heterocycles. The SMILES string of the molecule is C/C(=N/SC(C)(C)C)c1nc(Br)cs1. The summed E-state index contributed by atoms with van der Waals surface area (Å²) in [4.78, 5) is 4.30. The van der Waals surface area contributed by atoms with Crippen LogP contribution in [0.1, 0.15) is 32.7 Å². The van der Waals surface area contributed by atoms with E-state index in [1.54, 1.807) is 23.3 Å². The smallest absolute Gasteiger partial charge is 0.139 e. The molecule has 0 fully saturated rings. The Labute approximate surface area is 102 Å². The van der Waals surface area contributed by atoms with Crippen LogP contribution in [-0.2, 0) is 0 Å². The van der Waals surface area contributed by atoms with Crippen molar-refractivity contribution in [2.75, 3.05) is 0 Å². The Morgan fingerprint density at radius 2 is 2.21 bits per heavy atom. The van der Waals surface area contributed by atoms with Gasteiger partial charge in [0, 0.05) is 10.1 Å². The van der Waals surface area contributed by atoms with Gasteiger partial charge in [-0.15, -0.1) is 11.3 Å². The van der Waals surface area contributed by atoms with Crippen molar-refractivity contribution < 1.29 is 0 Å². The molecule has 0 radical (unpaired) electrons. The lowest BCUT2D eigenvalue weighted by Crippen LogP contribution is -2.06. The molecule has 1 heterocycles. The van der Waals surface area contributed by atoms with Crippen LogP contribution in [0.5, 0.6) is 0 Å². The van der Waals surface area contributed by atoms with Crippen molar-refractivity contribution in [2.24, 2.45) is 4.40 Å². The van der Waals surface area contributed by atoms with E-state index in [0.29, 0.717) is 0 Å². The third-order valence-electron chi connectivity index (χ3n) is 1.24. The zero-order valence-corrected chi connectivity index (χ0v) is 11.9. The molecule has 1 aromatic rings. The maximum absolute atomic E-state index is 4.44. The topological polar surface area (TPSA) is 25.2 Å². The third-order valence-corrected chi connectivity index (χ3v) is 3.82. The number of aromatic nitrogens is 1. The van der Waals surface area contributed by atoms with Crippen LogP contribution in [-0.4, -0.2) is 15.4 Å². The maximum Gasteiger partial charge on any atom is 0.139 e. The van der Waals surface area contributed by atoms with Crippen LogP contribution in [0.3, 0.4) is 0 Å². The fourth-order valence-electron chi connectivity index (χ4n) is 0.665. The molecule has 1 aromatic heterocycles. The zero-order valence-electron chi connectivity index (χ0n) is 8.67. The Bertz CT molecular complexity index is 339. The van der Waals surface area contributed by atoms with Crippen molar-refractivity contribution >= 4 is 44.9 Å². The first-order valence-electron chi connectivity index (χ1n) is 4.23. The van der Waals surface area contributed by atoms with Crippen molar-refractivity contribution in [1.82, 2.24) is 4.98 Å². The van der Waals surface area contributed by atoms with E-state index < -0.39 is 0 Å². The first kappa shape index (κ1) is 12.2. The van der Waals surface area contributed by atoms with E-state index in [2.05, 4.69) is 46.1 Å². The van der Waals surface area contributed by atoms with Gasteiger partial charge in [0.15, 0.2) is 0 Å². The van der Waals surface area contributed by atoms with Crippen molar-refractivity contribution in [1.29, 1.82) is 0 Å². The van der Waals surface area contributed by atoms with Gasteiger partial charge in [-0.3, -0.25) is 0 Å². The number of nitrogens with zero attached hydrogens (tertiary/aromatic N) is 2. The van der Waals surface area contributed by atoms with Gasteiger partial charge in [-0.25, -0.2) is 9.38 Å². The molecule has 0 bridgehead atoms. The average Bonchev–Trinajstić information content (AvgIpc) is 2.46. The second kappa shape index (κ2) is 4.77. The van der Waals surface area contributed by atoms with E-state index >= 15 is 0 Å². The number of rotatable bonds is 2. The Morgan fingerprint density at radius 3 is 2.64 bits per heavy atom. The van der Waals surface area contributed by atoms with E-state index in [1.807, 2.05) is 12.3 Å². The fraction of sp³-hybridized carbons (Fsp3) is 0.556. The quantitative estimate of drug-likeness (QED) is 0.604. The molecule has 0 amide bonds. The summed E-state index contributed by atoms with van der Waals surface area (Å²) in [5, 5.41) is 2.95. The molecule has 5 heteroatoms. The van der Waals surface area contributed by atoms with Crippen LogP contribution in [0.25, 0.3) is 0 Å². The molecule has 0 aromatic carbocycles. The minimum atomic E-state index is 0.162. The standard InChI is InChI=1S/C9H13BrN2S2/c1-6(12-14-9(2,3)4)8-11-7(10)5-13-8/h5H,1-4H3/b12-6-. The van der Waals surface area contributed by atoms with E-state index in [4.69, 9.17) is 0 Å². The van der Waals surface area contributed by atoms with Gasteiger partial charge in [0.2, 0.25) is 0 Å². The lowest BCUT2D eigenvalue weighted by Gasteiger charge is -2.12. The molecule has 0 atom stereocenters. The number of hydrogen-bond acceptors (Lipinski definition) is 4. The molecule has 0 saturated carbocycles. The molecule has 0 aliphatic rings. The van der Waals surface area contributed by atoms with Crippen LogP contribution < -0.4 is 0 Å². The highest BCUT2D eigenvalue weighted by Gasteiger charge is 2.11. The summed E-state index contributed by atoms with van der Waals surface area (Å²) >= 11 is 6.52. The van der Waals surface area contributed by atoms with Crippen LogP contribution in [0.15, 0.2) is 14.4 Å². The van der Waals surface area contributed by atoms with E-state index in [1.165, 1.54) is 0 Å². The summed E-state index contributed by atoms with van der Waals surface area (Å²) in [6, 6.07) is 0. The molecule has 0 aliphatic carbocycles. The average molecular weight is 293 g/mol. The van der Waals surface area contributed by atoms with Gasteiger partial charge in [-0.05, 0) is 55.6 Å². The Balaban J connectivity index is 2.70. The number of hydrogen-bond donors (Lipinski definition) is 0. The molecule has 78 valence electrons. The monoisotopic (exact) mass is 292 g/mol. The van der Waals surface area contributed by atoms with E-state index in [0.717, 1.165) is 15.3 Å². The molecule has 0 saturated heterocycles. The largest absolute Gasteiger partial charge is 0.228 e. The van der Waals surface area contributed by atoms with Gasteiger partial charge in [0.1, 0.15) is 9.61 Å². The van der Waals surface area contributed by atoms with Gasteiger partial charge in [-0.1, -0.05) is 0 Å². The predicted octanol–water partition coefficient (Wildman–Crippen LogP) is 4.16. The summed E-state index contributed by atoms with van der Waals surface area (Å²) in [7, 11) is 0. The fourth-order valence-corrected chi connectivity index (χ4v) is 2.42. The van der Waals surface area contributed by atoms with Gasteiger partial charge in [-0.2, -0.15) is 0 Å². The van der Waals surface area contributed by atoms with Crippen molar-refractivity contribution in [3.05, 3.63) is 15.0 Å². The molecule has 0 unspecified atom stereocenters. The van der Waals surface area contributed by atoms with Crippen LogP contribution in [0, 0.1) is 0 Å². The molecule has 14 heavy (non-hydrogen) atoms. The molecular formula is C9H13BrN2S2. The minimum absolute atomic E-state index is 0.162. The Hall–Kier alpha value is 0.130. The van der Waals surface area contributed by atoms with Crippen LogP contribution >= 0.6 is 39.2 Å². The van der Waals surface area contributed by atoms with Gasteiger partial charge in [0.25, 0.3) is 0 Å². The lowest BCUT2D eigenvalue weighted by molar-refractivity contribution is 0.804. The van der Waals surface area contributed by atoms with Gasteiger partial charge in [0.05, 0.1) is 5.71 Å². The summed E-state index contributed by atoms with van der Waals surface area (Å²) in [5.41, 5.74) is 0.987. The summed E-state index contributed by atoms with van der Waals surface area (Å²) in [6.45, 7) is 8.43. The second-order valence-corrected chi connectivity index (χ2v) is 7.12. The normalized spacial score (nSPS) is 13.4. The Kier molecular flexibility index (Phi) is 4.15. The maximum atomic E-state index is 4.44. The van der Waals surface area contributed by atoms with Crippen molar-refractivity contribution in [3.8, 4) is 0 Å². The lowest BCUT2D eigenvalue weighted by atomic mass is 10.3. The van der Waals surface area contributed by atoms with E-state index in [9.17, 15) is 0 Å². The molecule has 2 nitrogen and oxygen atoms in total. The van der Waals surface area contributed by atoms with Crippen molar-refractivity contribution in [3.63, 3.8) is 0 Å². The zero-order chi connectivity index (χ0) is 10.8. The predicted molar refractivity (Wildman–Crippen MR) is 69.4 cm³/mol. The minimum Gasteiger partial charge on any atom is -0.228 e. The summed E-state index contributed by atoms with van der Waals surface area (Å²) in [6.07, 6.45) is 0. The first-order valence-corrected chi connectivity index (χ1v) is 6.67. The molecule has 0 N–H and O–H groups in total. The number of halogens is 1. The van der Waals surface area contributed by atoms with Gasteiger partial charge < -0.3 is 0 Å². The highest BCUT2D eigenvalue weighted by Crippen LogP contribution is 2.25. The highest BCUT2D eigenvalue weighted by atomic mass is 79.9. The number of thiazole rings is 1. The first-order chi connectivity index (χ1) is 6.38.